The predicted octanol–water partition coefficient (Wildman–Crippen LogP) is 4.97. The van der Waals surface area contributed by atoms with E-state index in [-0.39, 0.29) is 11.4 Å². The fourth-order valence-corrected chi connectivity index (χ4v) is 5.85. The van der Waals surface area contributed by atoms with Crippen molar-refractivity contribution in [1.82, 2.24) is 25.4 Å². The average Bonchev–Trinajstić information content (AvgIpc) is 3.42. The molecule has 4 aromatic carbocycles. The zero-order chi connectivity index (χ0) is 26.4. The Hall–Kier alpha value is -3.38. The summed E-state index contributed by atoms with van der Waals surface area (Å²) in [6.45, 7) is 0.354. The van der Waals surface area contributed by atoms with Gasteiger partial charge in [-0.1, -0.05) is 91.0 Å². The van der Waals surface area contributed by atoms with Gasteiger partial charge in [-0.3, -0.25) is 5.32 Å². The lowest BCUT2D eigenvalue weighted by Crippen LogP contribution is -2.44. The molecule has 0 aliphatic rings. The first-order valence-electron chi connectivity index (χ1n) is 12.0. The first kappa shape index (κ1) is 26.2. The Morgan fingerprint density at radius 2 is 1.11 bits per heavy atom. The first-order chi connectivity index (χ1) is 18.5. The maximum atomic E-state index is 12.8. The van der Waals surface area contributed by atoms with Crippen LogP contribution < -0.4 is 10.0 Å². The van der Waals surface area contributed by atoms with Gasteiger partial charge in [-0.05, 0) is 63.5 Å². The summed E-state index contributed by atoms with van der Waals surface area (Å²) < 4.78 is 29.3. The van der Waals surface area contributed by atoms with Gasteiger partial charge in [-0.2, -0.15) is 15.4 Å². The van der Waals surface area contributed by atoms with Crippen molar-refractivity contribution >= 4 is 32.6 Å². The van der Waals surface area contributed by atoms with Crippen LogP contribution in [-0.4, -0.2) is 23.8 Å². The van der Waals surface area contributed by atoms with Crippen molar-refractivity contribution < 1.29 is 8.42 Å². The van der Waals surface area contributed by atoms with Crippen molar-refractivity contribution in [2.45, 2.75) is 23.5 Å². The molecule has 0 amide bonds. The molecule has 5 rings (SSSR count). The molecule has 192 valence electrons. The molecule has 0 saturated carbocycles. The van der Waals surface area contributed by atoms with E-state index < -0.39 is 15.6 Å². The molecule has 0 bridgehead atoms. The molecular weight excluding hydrogens is 609 g/mol. The zero-order valence-electron chi connectivity index (χ0n) is 20.4. The van der Waals surface area contributed by atoms with Crippen LogP contribution in [0.2, 0.25) is 0 Å². The molecule has 0 radical (unpaired) electrons. The van der Waals surface area contributed by atoms with Crippen LogP contribution >= 0.6 is 22.6 Å². The minimum absolute atomic E-state index is 0.0108. The summed E-state index contributed by atoms with van der Waals surface area (Å²) in [5.74, 6) is 0. The van der Waals surface area contributed by atoms with Crippen molar-refractivity contribution in [2.24, 2.45) is 0 Å². The van der Waals surface area contributed by atoms with Gasteiger partial charge in [0.05, 0.1) is 17.0 Å². The third-order valence-corrected chi connectivity index (χ3v) is 8.53. The largest absolute Gasteiger partial charge is 0.294 e. The van der Waals surface area contributed by atoms with Crippen molar-refractivity contribution in [2.75, 3.05) is 0 Å². The topological polar surface area (TPSA) is 99.8 Å². The molecule has 0 aliphatic carbocycles. The number of halogens is 1. The van der Waals surface area contributed by atoms with Crippen molar-refractivity contribution in [3.05, 3.63) is 147 Å². The molecule has 5 aromatic rings. The summed E-state index contributed by atoms with van der Waals surface area (Å²) >= 11 is 2.14. The number of aromatic nitrogens is 3. The van der Waals surface area contributed by atoms with E-state index in [9.17, 15) is 8.42 Å². The number of hydrogen-bond donors (Lipinski definition) is 3. The monoisotopic (exact) mass is 635 g/mol. The number of H-pyrrole nitrogens is 1. The third kappa shape index (κ3) is 5.56. The highest BCUT2D eigenvalue weighted by molar-refractivity contribution is 14.1. The molecule has 1 aromatic heterocycles. The molecule has 0 unspecified atom stereocenters. The second kappa shape index (κ2) is 11.6. The fraction of sp³-hybridized carbons (Fsp3) is 0.103. The summed E-state index contributed by atoms with van der Waals surface area (Å²) in [5.41, 5.74) is 3.68. The normalized spacial score (nSPS) is 11.9. The van der Waals surface area contributed by atoms with E-state index in [0.717, 1.165) is 20.3 Å². The minimum atomic E-state index is -3.70. The van der Waals surface area contributed by atoms with E-state index in [1.807, 2.05) is 54.6 Å². The number of hydrogen-bond acceptors (Lipinski definition) is 5. The van der Waals surface area contributed by atoms with Crippen LogP contribution in [0, 0.1) is 3.57 Å². The number of benzene rings is 4. The Kier molecular flexibility index (Phi) is 7.98. The molecule has 38 heavy (non-hydrogen) atoms. The van der Waals surface area contributed by atoms with Gasteiger partial charge >= 0.3 is 0 Å². The summed E-state index contributed by atoms with van der Waals surface area (Å²) in [6, 6.07) is 37.5. The van der Waals surface area contributed by atoms with E-state index in [4.69, 9.17) is 0 Å². The molecular formula is C29H26IN5O2S. The van der Waals surface area contributed by atoms with Crippen molar-refractivity contribution in [1.29, 1.82) is 0 Å². The Morgan fingerprint density at radius 1 is 0.658 bits per heavy atom. The Bertz CT molecular complexity index is 1480. The lowest BCUT2D eigenvalue weighted by Gasteiger charge is -2.37. The molecule has 0 saturated heterocycles. The van der Waals surface area contributed by atoms with Crippen LogP contribution in [0.4, 0.5) is 0 Å². The summed E-state index contributed by atoms with van der Waals surface area (Å²) in [4.78, 5) is 0.206. The molecule has 0 atom stereocenters. The van der Waals surface area contributed by atoms with Gasteiger partial charge in [0.15, 0.2) is 0 Å². The molecule has 1 heterocycles. The average molecular weight is 636 g/mol. The van der Waals surface area contributed by atoms with Gasteiger partial charge in [0.2, 0.25) is 10.0 Å². The Labute approximate surface area is 235 Å². The van der Waals surface area contributed by atoms with Gasteiger partial charge in [-0.25, -0.2) is 13.1 Å². The van der Waals surface area contributed by atoms with Crippen LogP contribution in [0.5, 0.6) is 0 Å². The second-order valence-corrected chi connectivity index (χ2v) is 11.7. The van der Waals surface area contributed by atoms with Gasteiger partial charge in [0.1, 0.15) is 11.4 Å². The van der Waals surface area contributed by atoms with Crippen molar-refractivity contribution in [3.63, 3.8) is 0 Å². The first-order valence-corrected chi connectivity index (χ1v) is 14.6. The van der Waals surface area contributed by atoms with E-state index >= 15 is 0 Å². The van der Waals surface area contributed by atoms with Crippen LogP contribution in [0.1, 0.15) is 28.1 Å². The van der Waals surface area contributed by atoms with Gasteiger partial charge in [0, 0.05) is 10.1 Å². The number of rotatable bonds is 10. The summed E-state index contributed by atoms with van der Waals surface area (Å²) in [7, 11) is -3.70. The van der Waals surface area contributed by atoms with E-state index in [1.54, 1.807) is 24.3 Å². The predicted molar refractivity (Wildman–Crippen MR) is 156 cm³/mol. The van der Waals surface area contributed by atoms with E-state index in [2.05, 4.69) is 84.4 Å². The number of aromatic amines is 1. The van der Waals surface area contributed by atoms with E-state index in [1.165, 1.54) is 0 Å². The fourth-order valence-electron chi connectivity index (χ4n) is 4.51. The highest BCUT2D eigenvalue weighted by Crippen LogP contribution is 2.37. The highest BCUT2D eigenvalue weighted by atomic mass is 127. The lowest BCUT2D eigenvalue weighted by atomic mass is 9.77. The second-order valence-electron chi connectivity index (χ2n) is 8.70. The van der Waals surface area contributed by atoms with Crippen LogP contribution in [0.3, 0.4) is 0 Å². The Morgan fingerprint density at radius 3 is 1.58 bits per heavy atom. The molecule has 0 aliphatic heterocycles. The van der Waals surface area contributed by atoms with E-state index in [0.29, 0.717) is 17.9 Å². The molecule has 3 N–H and O–H groups in total. The van der Waals surface area contributed by atoms with Gasteiger partial charge in [-0.15, -0.1) is 0 Å². The maximum absolute atomic E-state index is 12.8. The minimum Gasteiger partial charge on any atom is -0.294 e. The molecule has 0 fully saturated rings. The number of sulfonamides is 1. The third-order valence-electron chi connectivity index (χ3n) is 6.40. The Balaban J connectivity index is 1.46. The molecule has 7 nitrogen and oxygen atoms in total. The van der Waals surface area contributed by atoms with Gasteiger partial charge in [0.25, 0.3) is 0 Å². The van der Waals surface area contributed by atoms with Crippen LogP contribution in [0.15, 0.2) is 120 Å². The van der Waals surface area contributed by atoms with Crippen LogP contribution in [-0.2, 0) is 28.7 Å². The number of nitrogens with one attached hydrogen (secondary N) is 3. The summed E-state index contributed by atoms with van der Waals surface area (Å²) in [5, 5.41) is 15.0. The molecule has 9 heteroatoms. The van der Waals surface area contributed by atoms with Gasteiger partial charge < -0.3 is 0 Å². The zero-order valence-corrected chi connectivity index (χ0v) is 23.4. The quantitative estimate of drug-likeness (QED) is 0.149. The SMILES string of the molecule is O=S(=O)(NCc1n[nH]nc1CNC(c1ccccc1)(c1ccccc1)c1ccccc1)c1ccc(I)cc1. The molecule has 0 spiro atoms. The standard InChI is InChI=1S/C29H26IN5O2S/c30-25-16-18-26(19-17-25)38(36,37)32-21-28-27(33-35-34-28)20-31-29(22-10-4-1-5-11-22,23-12-6-2-7-13-23)24-14-8-3-9-15-24/h1-19,31-32H,20-21H2,(H,33,34,35). The van der Waals surface area contributed by atoms with Crippen molar-refractivity contribution in [3.8, 4) is 0 Å². The number of nitrogens with zero attached hydrogens (tertiary/aromatic N) is 2. The summed E-state index contributed by atoms with van der Waals surface area (Å²) in [6.07, 6.45) is 0. The maximum Gasteiger partial charge on any atom is 0.240 e. The lowest BCUT2D eigenvalue weighted by molar-refractivity contribution is 0.465. The van der Waals surface area contributed by atoms with Crippen LogP contribution in [0.25, 0.3) is 0 Å². The highest BCUT2D eigenvalue weighted by Gasteiger charge is 2.36. The smallest absolute Gasteiger partial charge is 0.240 e.